The van der Waals surface area contributed by atoms with Crippen molar-refractivity contribution in [3.63, 3.8) is 0 Å². The monoisotopic (exact) mass is 402 g/mol. The summed E-state index contributed by atoms with van der Waals surface area (Å²) in [6.07, 6.45) is 6.53. The molecular formula is C20H26N4O3S. The van der Waals surface area contributed by atoms with E-state index in [-0.39, 0.29) is 17.2 Å². The van der Waals surface area contributed by atoms with Crippen LogP contribution < -0.4 is 4.74 Å². The first-order chi connectivity index (χ1) is 13.4. The third kappa shape index (κ3) is 3.42. The average Bonchev–Trinajstić information content (AvgIpc) is 3.31. The summed E-state index contributed by atoms with van der Waals surface area (Å²) < 4.78 is 37.4. The Bertz CT molecular complexity index is 1080. The Balaban J connectivity index is 1.44. The molecule has 0 spiro atoms. The molecule has 0 unspecified atom stereocenters. The Labute approximate surface area is 165 Å². The quantitative estimate of drug-likeness (QED) is 0.657. The molecule has 0 radical (unpaired) electrons. The van der Waals surface area contributed by atoms with Gasteiger partial charge in [-0.2, -0.15) is 4.31 Å². The van der Waals surface area contributed by atoms with Gasteiger partial charge in [-0.05, 0) is 44.9 Å². The minimum Gasteiger partial charge on any atom is -0.490 e. The standard InChI is InChI=1S/C20H26N4O3S/c1-15(2)23-13-20(21-14-23)28(25,26)24-11-7-16(8-12-24)27-19-6-4-5-18-17(19)9-10-22(18)3/h4-6,9-10,13-16H,7-8,11-12H2,1-3H3. The van der Waals surface area contributed by atoms with Gasteiger partial charge in [0.2, 0.25) is 0 Å². The number of benzene rings is 1. The highest BCUT2D eigenvalue weighted by Gasteiger charge is 2.32. The second-order valence-electron chi connectivity index (χ2n) is 7.59. The summed E-state index contributed by atoms with van der Waals surface area (Å²) in [7, 11) is -1.55. The van der Waals surface area contributed by atoms with Crippen molar-refractivity contribution in [3.8, 4) is 5.75 Å². The average molecular weight is 403 g/mol. The van der Waals surface area contributed by atoms with Gasteiger partial charge in [-0.25, -0.2) is 13.4 Å². The highest BCUT2D eigenvalue weighted by molar-refractivity contribution is 7.89. The third-order valence-corrected chi connectivity index (χ3v) is 7.15. The van der Waals surface area contributed by atoms with E-state index in [1.54, 1.807) is 12.5 Å². The molecule has 8 heteroatoms. The summed E-state index contributed by atoms with van der Waals surface area (Å²) in [4.78, 5) is 4.11. The zero-order chi connectivity index (χ0) is 19.9. The maximum atomic E-state index is 12.9. The number of aromatic nitrogens is 3. The Morgan fingerprint density at radius 3 is 2.61 bits per heavy atom. The van der Waals surface area contributed by atoms with Crippen molar-refractivity contribution in [3.05, 3.63) is 43.0 Å². The first-order valence-electron chi connectivity index (χ1n) is 9.60. The van der Waals surface area contributed by atoms with E-state index in [0.717, 1.165) is 16.7 Å². The molecule has 1 aromatic carbocycles. The molecule has 3 aromatic rings. The molecule has 0 saturated carbocycles. The Morgan fingerprint density at radius 1 is 1.18 bits per heavy atom. The molecule has 4 rings (SSSR count). The maximum absolute atomic E-state index is 12.9. The molecular weight excluding hydrogens is 376 g/mol. The number of ether oxygens (including phenoxy) is 1. The van der Waals surface area contributed by atoms with Crippen LogP contribution in [0.5, 0.6) is 5.75 Å². The largest absolute Gasteiger partial charge is 0.490 e. The van der Waals surface area contributed by atoms with Crippen LogP contribution in [-0.2, 0) is 17.1 Å². The highest BCUT2D eigenvalue weighted by atomic mass is 32.2. The minimum absolute atomic E-state index is 0.00507. The first-order valence-corrected chi connectivity index (χ1v) is 11.0. The van der Waals surface area contributed by atoms with E-state index >= 15 is 0 Å². The van der Waals surface area contributed by atoms with Gasteiger partial charge in [0.15, 0.2) is 5.03 Å². The van der Waals surface area contributed by atoms with Gasteiger partial charge in [0.1, 0.15) is 11.9 Å². The van der Waals surface area contributed by atoms with Crippen LogP contribution in [0, 0.1) is 0 Å². The first kappa shape index (κ1) is 19.0. The van der Waals surface area contributed by atoms with Gasteiger partial charge in [0, 0.05) is 44.0 Å². The molecule has 0 bridgehead atoms. The maximum Gasteiger partial charge on any atom is 0.262 e. The van der Waals surface area contributed by atoms with Crippen LogP contribution in [0.1, 0.15) is 32.7 Å². The van der Waals surface area contributed by atoms with Crippen LogP contribution in [-0.4, -0.2) is 46.0 Å². The van der Waals surface area contributed by atoms with E-state index in [2.05, 4.69) is 21.7 Å². The van der Waals surface area contributed by atoms with E-state index in [4.69, 9.17) is 4.74 Å². The predicted molar refractivity (Wildman–Crippen MR) is 108 cm³/mol. The summed E-state index contributed by atoms with van der Waals surface area (Å²) in [5.41, 5.74) is 1.12. The van der Waals surface area contributed by atoms with Crippen LogP contribution >= 0.6 is 0 Å². The van der Waals surface area contributed by atoms with E-state index in [9.17, 15) is 8.42 Å². The lowest BCUT2D eigenvalue weighted by Crippen LogP contribution is -2.41. The lowest BCUT2D eigenvalue weighted by atomic mass is 10.1. The fourth-order valence-corrected chi connectivity index (χ4v) is 5.00. The summed E-state index contributed by atoms with van der Waals surface area (Å²) >= 11 is 0. The molecule has 7 nitrogen and oxygen atoms in total. The van der Waals surface area contributed by atoms with Gasteiger partial charge in [-0.1, -0.05) is 6.07 Å². The summed E-state index contributed by atoms with van der Waals surface area (Å²) in [5, 5.41) is 1.20. The van der Waals surface area contributed by atoms with Crippen molar-refractivity contribution in [2.24, 2.45) is 7.05 Å². The van der Waals surface area contributed by atoms with Crippen LogP contribution in [0.3, 0.4) is 0 Å². The summed E-state index contributed by atoms with van der Waals surface area (Å²) in [5.74, 6) is 0.857. The Morgan fingerprint density at radius 2 is 1.93 bits per heavy atom. The van der Waals surface area contributed by atoms with Gasteiger partial charge < -0.3 is 13.9 Å². The number of imidazole rings is 1. The van der Waals surface area contributed by atoms with Crippen LogP contribution in [0.25, 0.3) is 10.9 Å². The van der Waals surface area contributed by atoms with Gasteiger partial charge in [-0.15, -0.1) is 0 Å². The molecule has 150 valence electrons. The molecule has 3 heterocycles. The second-order valence-corrected chi connectivity index (χ2v) is 9.47. The number of fused-ring (bicyclic) bond motifs is 1. The lowest BCUT2D eigenvalue weighted by Gasteiger charge is -2.31. The molecule has 28 heavy (non-hydrogen) atoms. The van der Waals surface area contributed by atoms with Gasteiger partial charge in [-0.3, -0.25) is 0 Å². The Hall–Kier alpha value is -2.32. The minimum atomic E-state index is -3.56. The van der Waals surface area contributed by atoms with Gasteiger partial charge in [0.05, 0.1) is 11.8 Å². The van der Waals surface area contributed by atoms with E-state index in [0.29, 0.717) is 25.9 Å². The van der Waals surface area contributed by atoms with Gasteiger partial charge in [0.25, 0.3) is 10.0 Å². The molecule has 0 amide bonds. The molecule has 1 saturated heterocycles. The van der Waals surface area contributed by atoms with Crippen LogP contribution in [0.4, 0.5) is 0 Å². The van der Waals surface area contributed by atoms with Crippen molar-refractivity contribution in [1.82, 2.24) is 18.4 Å². The number of hydrogen-bond donors (Lipinski definition) is 0. The summed E-state index contributed by atoms with van der Waals surface area (Å²) in [6.45, 7) is 4.86. The fraction of sp³-hybridized carbons (Fsp3) is 0.450. The van der Waals surface area contributed by atoms with Crippen LogP contribution in [0.2, 0.25) is 0 Å². The second kappa shape index (κ2) is 7.25. The number of hydrogen-bond acceptors (Lipinski definition) is 4. The zero-order valence-corrected chi connectivity index (χ0v) is 17.3. The van der Waals surface area contributed by atoms with Crippen molar-refractivity contribution < 1.29 is 13.2 Å². The van der Waals surface area contributed by atoms with E-state index in [1.807, 2.05) is 43.8 Å². The van der Waals surface area contributed by atoms with E-state index in [1.165, 1.54) is 4.31 Å². The highest BCUT2D eigenvalue weighted by Crippen LogP contribution is 2.29. The lowest BCUT2D eigenvalue weighted by molar-refractivity contribution is 0.136. The number of nitrogens with zero attached hydrogens (tertiary/aromatic N) is 4. The number of sulfonamides is 1. The topological polar surface area (TPSA) is 69.4 Å². The smallest absolute Gasteiger partial charge is 0.262 e. The molecule has 0 atom stereocenters. The molecule has 0 aliphatic carbocycles. The van der Waals surface area contributed by atoms with Crippen molar-refractivity contribution >= 4 is 20.9 Å². The third-order valence-electron chi connectivity index (χ3n) is 5.36. The molecule has 0 N–H and O–H groups in total. The zero-order valence-electron chi connectivity index (χ0n) is 16.4. The molecule has 2 aromatic heterocycles. The number of aryl methyl sites for hydroxylation is 1. The van der Waals surface area contributed by atoms with Crippen molar-refractivity contribution in [2.45, 2.75) is 43.9 Å². The SMILES string of the molecule is CC(C)n1cnc(S(=O)(=O)N2CCC(Oc3cccc4c3ccn4C)CC2)c1. The number of rotatable bonds is 5. The van der Waals surface area contributed by atoms with E-state index < -0.39 is 10.0 Å². The normalized spacial score (nSPS) is 16.9. The molecule has 1 fully saturated rings. The number of piperidine rings is 1. The predicted octanol–water partition coefficient (Wildman–Crippen LogP) is 3.19. The molecule has 1 aliphatic rings. The van der Waals surface area contributed by atoms with Crippen molar-refractivity contribution in [2.75, 3.05) is 13.1 Å². The fourth-order valence-electron chi connectivity index (χ4n) is 3.61. The molecule has 1 aliphatic heterocycles. The van der Waals surface area contributed by atoms with Crippen molar-refractivity contribution in [1.29, 1.82) is 0 Å². The van der Waals surface area contributed by atoms with Gasteiger partial charge >= 0.3 is 0 Å². The van der Waals surface area contributed by atoms with Crippen LogP contribution in [0.15, 0.2) is 48.0 Å². The Kier molecular flexibility index (Phi) is 4.93. The summed E-state index contributed by atoms with van der Waals surface area (Å²) in [6, 6.07) is 8.26.